The normalized spacial score (nSPS) is 15.6. The van der Waals surface area contributed by atoms with Crippen molar-refractivity contribution in [2.45, 2.75) is 51.5 Å². The van der Waals surface area contributed by atoms with Gasteiger partial charge in [-0.15, -0.1) is 0 Å². The number of fused-ring (bicyclic) bond motifs is 1. The summed E-state index contributed by atoms with van der Waals surface area (Å²) in [5.41, 5.74) is 3.77. The third-order valence-electron chi connectivity index (χ3n) is 5.51. The molecule has 6 nitrogen and oxygen atoms in total. The van der Waals surface area contributed by atoms with Crippen molar-refractivity contribution in [3.8, 4) is 0 Å². The van der Waals surface area contributed by atoms with Crippen LogP contribution in [0, 0.1) is 6.92 Å². The number of hydrogen-bond acceptors (Lipinski definition) is 2. The van der Waals surface area contributed by atoms with Crippen molar-refractivity contribution < 1.29 is 4.79 Å². The molecular weight excluding hydrogens is 350 g/mol. The molecule has 152 valence electrons. The van der Waals surface area contributed by atoms with E-state index >= 15 is 0 Å². The second-order valence-corrected chi connectivity index (χ2v) is 7.92. The molecule has 1 heterocycles. The fourth-order valence-corrected chi connectivity index (χ4v) is 3.77. The summed E-state index contributed by atoms with van der Waals surface area (Å²) in [5.74, 6) is 0.759. The topological polar surface area (TPSA) is 72.5 Å². The second-order valence-electron chi connectivity index (χ2n) is 7.92. The van der Waals surface area contributed by atoms with Gasteiger partial charge in [0.15, 0.2) is 5.96 Å². The number of aliphatic imine (C=N–C) groups is 1. The Kier molecular flexibility index (Phi) is 6.95. The van der Waals surface area contributed by atoms with Crippen molar-refractivity contribution in [3.05, 3.63) is 35.5 Å². The van der Waals surface area contributed by atoms with Gasteiger partial charge in [-0.25, -0.2) is 4.99 Å². The van der Waals surface area contributed by atoms with Crippen molar-refractivity contribution >= 4 is 22.8 Å². The van der Waals surface area contributed by atoms with Gasteiger partial charge in [-0.2, -0.15) is 0 Å². The Morgan fingerprint density at radius 1 is 1.25 bits per heavy atom. The number of hydrogen-bond donors (Lipinski definition) is 3. The first kappa shape index (κ1) is 20.2. The molecule has 1 aromatic carbocycles. The molecule has 0 atom stereocenters. The summed E-state index contributed by atoms with van der Waals surface area (Å²) in [6.45, 7) is 3.07. The van der Waals surface area contributed by atoms with Crippen molar-refractivity contribution in [3.63, 3.8) is 0 Å². The van der Waals surface area contributed by atoms with E-state index in [2.05, 4.69) is 51.9 Å². The number of nitrogens with zero attached hydrogens (tertiary/aromatic N) is 2. The van der Waals surface area contributed by atoms with E-state index in [-0.39, 0.29) is 12.5 Å². The Morgan fingerprint density at radius 2 is 2.04 bits per heavy atom. The van der Waals surface area contributed by atoms with Gasteiger partial charge in [-0.05, 0) is 37.3 Å². The summed E-state index contributed by atoms with van der Waals surface area (Å²) in [4.78, 5) is 21.4. The van der Waals surface area contributed by atoms with Crippen LogP contribution in [0.2, 0.25) is 0 Å². The van der Waals surface area contributed by atoms with E-state index in [0.717, 1.165) is 18.9 Å². The highest BCUT2D eigenvalue weighted by molar-refractivity contribution is 5.86. The van der Waals surface area contributed by atoms with Gasteiger partial charge in [0.2, 0.25) is 5.91 Å². The van der Waals surface area contributed by atoms with Crippen LogP contribution in [0.5, 0.6) is 0 Å². The maximum absolute atomic E-state index is 11.9. The maximum Gasteiger partial charge on any atom is 0.243 e. The number of likely N-dealkylation sites (N-methyl/N-ethyl adjacent to an activating group) is 1. The molecule has 1 aliphatic rings. The summed E-state index contributed by atoms with van der Waals surface area (Å²) in [6, 6.07) is 6.85. The SMILES string of the molecule is Cc1cccc2c(CCNC(=NCC(=O)N(C)C)NC3CCCCC3)c[nH]c12. The summed E-state index contributed by atoms with van der Waals surface area (Å²) < 4.78 is 0. The van der Waals surface area contributed by atoms with Gasteiger partial charge in [-0.3, -0.25) is 4.79 Å². The van der Waals surface area contributed by atoms with E-state index in [9.17, 15) is 4.79 Å². The van der Waals surface area contributed by atoms with Crippen LogP contribution in [0.15, 0.2) is 29.4 Å². The fourth-order valence-electron chi connectivity index (χ4n) is 3.77. The quantitative estimate of drug-likeness (QED) is 0.530. The second kappa shape index (κ2) is 9.62. The van der Waals surface area contributed by atoms with Crippen LogP contribution in [0.25, 0.3) is 10.9 Å². The van der Waals surface area contributed by atoms with E-state index in [1.807, 2.05) is 0 Å². The third kappa shape index (κ3) is 5.27. The van der Waals surface area contributed by atoms with Crippen LogP contribution < -0.4 is 10.6 Å². The summed E-state index contributed by atoms with van der Waals surface area (Å²) in [5, 5.41) is 8.25. The van der Waals surface area contributed by atoms with Crippen LogP contribution in [-0.4, -0.2) is 55.0 Å². The first-order chi connectivity index (χ1) is 13.5. The number of nitrogens with one attached hydrogen (secondary N) is 3. The molecule has 0 unspecified atom stereocenters. The highest BCUT2D eigenvalue weighted by Gasteiger charge is 2.15. The average molecular weight is 384 g/mol. The molecule has 6 heteroatoms. The molecule has 1 aromatic heterocycles. The predicted octanol–water partition coefficient (Wildman–Crippen LogP) is 2.97. The number of aromatic amines is 1. The Morgan fingerprint density at radius 3 is 2.79 bits per heavy atom. The Balaban J connectivity index is 1.61. The molecule has 3 rings (SSSR count). The van der Waals surface area contributed by atoms with Crippen LogP contribution in [0.1, 0.15) is 43.2 Å². The highest BCUT2D eigenvalue weighted by Crippen LogP contribution is 2.21. The molecule has 0 spiro atoms. The summed E-state index contributed by atoms with van der Waals surface area (Å²) in [6.07, 6.45) is 9.18. The first-order valence-electron chi connectivity index (χ1n) is 10.3. The lowest BCUT2D eigenvalue weighted by molar-refractivity contribution is -0.127. The number of guanidine groups is 1. The first-order valence-corrected chi connectivity index (χ1v) is 10.3. The maximum atomic E-state index is 11.9. The summed E-state index contributed by atoms with van der Waals surface area (Å²) >= 11 is 0. The van der Waals surface area contributed by atoms with E-state index in [1.54, 1.807) is 19.0 Å². The number of aromatic nitrogens is 1. The molecule has 28 heavy (non-hydrogen) atoms. The smallest absolute Gasteiger partial charge is 0.243 e. The highest BCUT2D eigenvalue weighted by atomic mass is 16.2. The average Bonchev–Trinajstić information content (AvgIpc) is 3.11. The molecule has 0 saturated heterocycles. The Bertz CT molecular complexity index is 817. The van der Waals surface area contributed by atoms with Crippen molar-refractivity contribution in [1.29, 1.82) is 0 Å². The molecule has 1 amide bonds. The van der Waals surface area contributed by atoms with Gasteiger partial charge in [0.05, 0.1) is 0 Å². The van der Waals surface area contributed by atoms with Gasteiger partial charge in [-0.1, -0.05) is 37.5 Å². The molecule has 1 saturated carbocycles. The molecular formula is C22H33N5O. The van der Waals surface area contributed by atoms with E-state index in [1.165, 1.54) is 54.1 Å². The largest absolute Gasteiger partial charge is 0.361 e. The fraction of sp³-hybridized carbons (Fsp3) is 0.545. The van der Waals surface area contributed by atoms with Crippen molar-refractivity contribution in [2.24, 2.45) is 4.99 Å². The molecule has 0 radical (unpaired) electrons. The van der Waals surface area contributed by atoms with E-state index in [4.69, 9.17) is 0 Å². The molecule has 1 fully saturated rings. The lowest BCUT2D eigenvalue weighted by Gasteiger charge is -2.25. The molecule has 3 N–H and O–H groups in total. The van der Waals surface area contributed by atoms with Crippen molar-refractivity contribution in [2.75, 3.05) is 27.2 Å². The molecule has 0 aliphatic heterocycles. The number of benzene rings is 1. The Labute approximate surface area is 167 Å². The minimum Gasteiger partial charge on any atom is -0.361 e. The number of para-hydroxylation sites is 1. The van der Waals surface area contributed by atoms with Crippen LogP contribution >= 0.6 is 0 Å². The van der Waals surface area contributed by atoms with Gasteiger partial charge in [0.1, 0.15) is 6.54 Å². The zero-order chi connectivity index (χ0) is 19.9. The zero-order valence-corrected chi connectivity index (χ0v) is 17.3. The lowest BCUT2D eigenvalue weighted by atomic mass is 9.96. The monoisotopic (exact) mass is 383 g/mol. The van der Waals surface area contributed by atoms with Crippen molar-refractivity contribution in [1.82, 2.24) is 20.5 Å². The van der Waals surface area contributed by atoms with Crippen LogP contribution in [0.3, 0.4) is 0 Å². The number of rotatable bonds is 6. The van der Waals surface area contributed by atoms with E-state index in [0.29, 0.717) is 6.04 Å². The van der Waals surface area contributed by atoms with Gasteiger partial charge >= 0.3 is 0 Å². The number of amides is 1. The Hall–Kier alpha value is -2.50. The standard InChI is InChI=1S/C22H33N5O/c1-16-8-7-11-19-17(14-24-21(16)19)12-13-23-22(25-15-20(28)27(2)3)26-18-9-5-4-6-10-18/h7-8,11,14,18,24H,4-6,9-10,12-13,15H2,1-3H3,(H2,23,25,26). The van der Waals surface area contributed by atoms with Gasteiger partial charge < -0.3 is 20.5 Å². The third-order valence-corrected chi connectivity index (χ3v) is 5.51. The van der Waals surface area contributed by atoms with E-state index < -0.39 is 0 Å². The molecule has 1 aliphatic carbocycles. The van der Waals surface area contributed by atoms with Gasteiger partial charge in [0.25, 0.3) is 0 Å². The minimum atomic E-state index is 0.0110. The molecule has 0 bridgehead atoms. The predicted molar refractivity (Wildman–Crippen MR) is 116 cm³/mol. The zero-order valence-electron chi connectivity index (χ0n) is 17.3. The number of H-pyrrole nitrogens is 1. The number of carbonyl (C=O) groups excluding carboxylic acids is 1. The number of aryl methyl sites for hydroxylation is 1. The van der Waals surface area contributed by atoms with Gasteiger partial charge in [0, 0.05) is 43.8 Å². The molecule has 2 aromatic rings. The van der Waals surface area contributed by atoms with Crippen LogP contribution in [-0.2, 0) is 11.2 Å². The van der Waals surface area contributed by atoms with Crippen LogP contribution in [0.4, 0.5) is 0 Å². The summed E-state index contributed by atoms with van der Waals surface area (Å²) in [7, 11) is 3.52. The number of carbonyl (C=O) groups is 1. The minimum absolute atomic E-state index is 0.0110. The lowest BCUT2D eigenvalue weighted by Crippen LogP contribution is -2.45.